The van der Waals surface area contributed by atoms with Gasteiger partial charge in [0.15, 0.2) is 5.82 Å². The average Bonchev–Trinajstić information content (AvgIpc) is 3.26. The Morgan fingerprint density at radius 3 is 2.63 bits per heavy atom. The van der Waals surface area contributed by atoms with E-state index < -0.39 is 23.6 Å². The fourth-order valence-electron chi connectivity index (χ4n) is 2.84. The van der Waals surface area contributed by atoms with Crippen molar-refractivity contribution in [2.45, 2.75) is 32.6 Å². The number of carboxylic acids is 1. The second-order valence-electron chi connectivity index (χ2n) is 6.56. The number of rotatable bonds is 7. The average molecular weight is 421 g/mol. The first kappa shape index (κ1) is 21.1. The maximum absolute atomic E-state index is 12.9. The second kappa shape index (κ2) is 8.39. The molecule has 0 spiro atoms. The van der Waals surface area contributed by atoms with Crippen molar-refractivity contribution in [1.82, 2.24) is 19.6 Å². The largest absolute Gasteiger partial charge is 0.481 e. The Labute approximate surface area is 168 Å². The molecule has 0 atom stereocenters. The van der Waals surface area contributed by atoms with Gasteiger partial charge in [-0.1, -0.05) is 12.1 Å². The van der Waals surface area contributed by atoms with Gasteiger partial charge in [-0.15, -0.1) is 0 Å². The van der Waals surface area contributed by atoms with Gasteiger partial charge in [0.2, 0.25) is 0 Å². The monoisotopic (exact) mass is 421 g/mol. The highest BCUT2D eigenvalue weighted by Gasteiger charge is 2.30. The van der Waals surface area contributed by atoms with E-state index >= 15 is 0 Å². The zero-order chi connectivity index (χ0) is 21.9. The van der Waals surface area contributed by atoms with Crippen molar-refractivity contribution in [3.8, 4) is 0 Å². The summed E-state index contributed by atoms with van der Waals surface area (Å²) in [5.74, 6) is -1.32. The normalized spacial score (nSPS) is 11.5. The van der Waals surface area contributed by atoms with Gasteiger partial charge >= 0.3 is 12.1 Å². The molecule has 8 nitrogen and oxygen atoms in total. The lowest BCUT2D eigenvalue weighted by molar-refractivity contribution is -0.138. The first-order valence-corrected chi connectivity index (χ1v) is 8.89. The van der Waals surface area contributed by atoms with Crippen molar-refractivity contribution < 1.29 is 27.9 Å². The number of benzene rings is 1. The molecular formula is C19H18F3N5O3. The van der Waals surface area contributed by atoms with E-state index in [4.69, 9.17) is 5.11 Å². The first-order valence-electron chi connectivity index (χ1n) is 8.89. The molecule has 3 rings (SSSR count). The predicted molar refractivity (Wildman–Crippen MR) is 99.9 cm³/mol. The zero-order valence-corrected chi connectivity index (χ0v) is 15.8. The summed E-state index contributed by atoms with van der Waals surface area (Å²) in [7, 11) is 0. The van der Waals surface area contributed by atoms with Gasteiger partial charge in [-0.05, 0) is 30.7 Å². The summed E-state index contributed by atoms with van der Waals surface area (Å²) in [4.78, 5) is 23.2. The molecule has 11 heteroatoms. The minimum atomic E-state index is -4.43. The summed E-state index contributed by atoms with van der Waals surface area (Å²) in [5, 5.41) is 19.5. The number of halogens is 3. The van der Waals surface area contributed by atoms with E-state index in [1.165, 1.54) is 27.7 Å². The topological polar surface area (TPSA) is 102 Å². The number of aryl methyl sites for hydroxylation is 2. The number of hydrogen-bond acceptors (Lipinski definition) is 4. The molecule has 1 amide bonds. The molecule has 2 heterocycles. The standard InChI is InChI=1S/C19H18F3N5O3/c1-12-9-16(24-18(30)15-5-7-23-26(15)8-6-17(28)29)25-27(12)11-13-3-2-4-14(10-13)19(20,21)22/h2-5,7,9-10H,6,8,11H2,1H3,(H,28,29)(H,24,25,30). The number of carbonyl (C=O) groups is 2. The van der Waals surface area contributed by atoms with Crippen LogP contribution in [-0.2, 0) is 24.1 Å². The van der Waals surface area contributed by atoms with Gasteiger partial charge in [0, 0.05) is 18.0 Å². The Bertz CT molecular complexity index is 1070. The molecule has 0 bridgehead atoms. The van der Waals surface area contributed by atoms with Crippen molar-refractivity contribution >= 4 is 17.7 Å². The molecule has 2 N–H and O–H groups in total. The van der Waals surface area contributed by atoms with Gasteiger partial charge in [0.25, 0.3) is 5.91 Å². The summed E-state index contributed by atoms with van der Waals surface area (Å²) in [6, 6.07) is 7.99. The molecular weight excluding hydrogens is 403 g/mol. The van der Waals surface area contributed by atoms with Crippen LogP contribution < -0.4 is 5.32 Å². The Balaban J connectivity index is 1.72. The van der Waals surface area contributed by atoms with Gasteiger partial charge in [0.05, 0.1) is 25.1 Å². The maximum atomic E-state index is 12.9. The van der Waals surface area contributed by atoms with E-state index in [2.05, 4.69) is 15.5 Å². The van der Waals surface area contributed by atoms with Crippen LogP contribution in [0.5, 0.6) is 0 Å². The summed E-state index contributed by atoms with van der Waals surface area (Å²) in [6.45, 7) is 1.85. The number of aliphatic carboxylic acids is 1. The van der Waals surface area contributed by atoms with Crippen LogP contribution >= 0.6 is 0 Å². The third kappa shape index (κ3) is 5.04. The molecule has 0 unspecified atom stereocenters. The van der Waals surface area contributed by atoms with E-state index in [0.717, 1.165) is 12.1 Å². The Hall–Kier alpha value is -3.63. The number of nitrogens with zero attached hydrogens (tertiary/aromatic N) is 4. The third-order valence-electron chi connectivity index (χ3n) is 4.30. The number of aromatic nitrogens is 4. The molecule has 158 valence electrons. The number of amides is 1. The smallest absolute Gasteiger partial charge is 0.416 e. The summed E-state index contributed by atoms with van der Waals surface area (Å²) in [6.07, 6.45) is -3.24. The molecule has 0 aliphatic carbocycles. The molecule has 0 saturated carbocycles. The molecule has 2 aromatic heterocycles. The van der Waals surface area contributed by atoms with Crippen molar-refractivity contribution in [2.24, 2.45) is 0 Å². The molecule has 0 fully saturated rings. The second-order valence-corrected chi connectivity index (χ2v) is 6.56. The minimum Gasteiger partial charge on any atom is -0.481 e. The van der Waals surface area contributed by atoms with E-state index in [-0.39, 0.29) is 31.0 Å². The van der Waals surface area contributed by atoms with Crippen molar-refractivity contribution in [2.75, 3.05) is 5.32 Å². The van der Waals surface area contributed by atoms with Crippen molar-refractivity contribution in [3.05, 3.63) is 65.1 Å². The van der Waals surface area contributed by atoms with Crippen LogP contribution in [0, 0.1) is 6.92 Å². The molecule has 1 aromatic carbocycles. The van der Waals surface area contributed by atoms with Crippen molar-refractivity contribution in [3.63, 3.8) is 0 Å². The van der Waals surface area contributed by atoms with Crippen LogP contribution in [0.1, 0.15) is 33.7 Å². The minimum absolute atomic E-state index is 0.0358. The number of anilines is 1. The number of carbonyl (C=O) groups excluding carboxylic acids is 1. The third-order valence-corrected chi connectivity index (χ3v) is 4.30. The summed E-state index contributed by atoms with van der Waals surface area (Å²) in [5.41, 5.74) is 0.483. The summed E-state index contributed by atoms with van der Waals surface area (Å²) >= 11 is 0. The number of nitrogens with one attached hydrogen (secondary N) is 1. The van der Waals surface area contributed by atoms with Crippen LogP contribution in [0.2, 0.25) is 0 Å². The predicted octanol–water partition coefficient (Wildman–Crippen LogP) is 3.18. The zero-order valence-electron chi connectivity index (χ0n) is 15.8. The van der Waals surface area contributed by atoms with Gasteiger partial charge < -0.3 is 10.4 Å². The lowest BCUT2D eigenvalue weighted by Crippen LogP contribution is -2.19. The highest BCUT2D eigenvalue weighted by atomic mass is 19.4. The van der Waals surface area contributed by atoms with E-state index in [0.29, 0.717) is 11.3 Å². The highest BCUT2D eigenvalue weighted by Crippen LogP contribution is 2.29. The Morgan fingerprint density at radius 2 is 1.93 bits per heavy atom. The van der Waals surface area contributed by atoms with Crippen LogP contribution in [0.4, 0.5) is 19.0 Å². The van der Waals surface area contributed by atoms with Crippen molar-refractivity contribution in [1.29, 1.82) is 0 Å². The SMILES string of the molecule is Cc1cc(NC(=O)c2ccnn2CCC(=O)O)nn1Cc1cccc(C(F)(F)F)c1. The molecule has 0 saturated heterocycles. The highest BCUT2D eigenvalue weighted by molar-refractivity contribution is 6.02. The Kier molecular flexibility index (Phi) is 5.90. The van der Waals surface area contributed by atoms with Gasteiger partial charge in [-0.3, -0.25) is 19.0 Å². The fraction of sp³-hybridized carbons (Fsp3) is 0.263. The molecule has 0 aliphatic heterocycles. The van der Waals surface area contributed by atoms with Crippen LogP contribution in [0.3, 0.4) is 0 Å². The quantitative estimate of drug-likeness (QED) is 0.610. The van der Waals surface area contributed by atoms with E-state index in [9.17, 15) is 22.8 Å². The van der Waals surface area contributed by atoms with E-state index in [1.54, 1.807) is 19.1 Å². The number of hydrogen-bond donors (Lipinski definition) is 2. The molecule has 0 radical (unpaired) electrons. The molecule has 3 aromatic rings. The molecule has 30 heavy (non-hydrogen) atoms. The number of alkyl halides is 3. The lowest BCUT2D eigenvalue weighted by Gasteiger charge is -2.09. The van der Waals surface area contributed by atoms with Crippen LogP contribution in [0.15, 0.2) is 42.6 Å². The van der Waals surface area contributed by atoms with Crippen LogP contribution in [0.25, 0.3) is 0 Å². The summed E-state index contributed by atoms with van der Waals surface area (Å²) < 4.78 is 41.4. The fourth-order valence-corrected chi connectivity index (χ4v) is 2.84. The van der Waals surface area contributed by atoms with Gasteiger partial charge in [-0.25, -0.2) is 0 Å². The van der Waals surface area contributed by atoms with Crippen LogP contribution in [-0.4, -0.2) is 36.5 Å². The Morgan fingerprint density at radius 1 is 1.17 bits per heavy atom. The van der Waals surface area contributed by atoms with Gasteiger partial charge in [-0.2, -0.15) is 23.4 Å². The first-order chi connectivity index (χ1) is 14.1. The molecule has 0 aliphatic rings. The van der Waals surface area contributed by atoms with E-state index in [1.807, 2.05) is 0 Å². The number of carboxylic acid groups (broad SMARTS) is 1. The van der Waals surface area contributed by atoms with Gasteiger partial charge in [0.1, 0.15) is 5.69 Å². The maximum Gasteiger partial charge on any atom is 0.416 e. The lowest BCUT2D eigenvalue weighted by atomic mass is 10.1.